The van der Waals surface area contributed by atoms with Gasteiger partial charge in [0.05, 0.1) is 40.5 Å². The first-order valence-corrected chi connectivity index (χ1v) is 12.3. The molecule has 10 heteroatoms. The molecule has 0 aliphatic carbocycles. The molecule has 3 aromatic rings. The summed E-state index contributed by atoms with van der Waals surface area (Å²) < 4.78 is 31.4. The zero-order chi connectivity index (χ0) is 21.8. The van der Waals surface area contributed by atoms with Crippen LogP contribution in [0.2, 0.25) is 0 Å². The number of aryl methyl sites for hydroxylation is 1. The number of hydrogen-bond acceptors (Lipinski definition) is 7. The van der Waals surface area contributed by atoms with E-state index in [1.165, 1.54) is 0 Å². The van der Waals surface area contributed by atoms with Crippen LogP contribution in [0, 0.1) is 6.92 Å². The van der Waals surface area contributed by atoms with Gasteiger partial charge in [-0.15, -0.1) is 0 Å². The van der Waals surface area contributed by atoms with Crippen LogP contribution in [0.3, 0.4) is 0 Å². The minimum absolute atomic E-state index is 0.0393. The molecule has 2 aliphatic heterocycles. The lowest BCUT2D eigenvalue weighted by Gasteiger charge is -2.32. The monoisotopic (exact) mass is 443 g/mol. The first kappa shape index (κ1) is 20.2. The first-order chi connectivity index (χ1) is 14.8. The van der Waals surface area contributed by atoms with Gasteiger partial charge >= 0.3 is 0 Å². The molecule has 3 aromatic heterocycles. The topological polar surface area (TPSA) is 102 Å². The molecular weight excluding hydrogens is 418 g/mol. The number of amides is 1. The van der Waals surface area contributed by atoms with Crippen LogP contribution in [0.5, 0.6) is 0 Å². The fraction of sp³-hybridized carbons (Fsp3) is 0.476. The maximum absolute atomic E-state index is 13.5. The first-order valence-electron chi connectivity index (χ1n) is 10.4. The van der Waals surface area contributed by atoms with E-state index in [1.807, 2.05) is 18.9 Å². The molecule has 1 amide bonds. The maximum Gasteiger partial charge on any atom is 0.254 e. The number of carbonyl (C=O) groups is 1. The normalized spacial score (nSPS) is 21.7. The van der Waals surface area contributed by atoms with Crippen molar-refractivity contribution in [1.29, 1.82) is 0 Å². The fourth-order valence-corrected chi connectivity index (χ4v) is 6.13. The molecule has 0 spiro atoms. The standard InChI is InChI=1S/C21H25N5O4S/c1-14-19-16(21(27)25-8-6-24(2)7-9-25)12-17(18-4-3-10-30-18)22-20(19)26(23-14)15-5-11-31(28,29)13-15/h3-4,10,12,15H,5-9,11,13H2,1-2H3. The minimum Gasteiger partial charge on any atom is -0.463 e. The van der Waals surface area contributed by atoms with Crippen LogP contribution < -0.4 is 0 Å². The number of fused-ring (bicyclic) bond motifs is 1. The van der Waals surface area contributed by atoms with E-state index < -0.39 is 9.84 Å². The average Bonchev–Trinajstić information content (AvgIpc) is 3.47. The summed E-state index contributed by atoms with van der Waals surface area (Å²) in [6, 6.07) is 5.06. The number of rotatable bonds is 3. The van der Waals surface area contributed by atoms with Gasteiger partial charge in [-0.2, -0.15) is 5.10 Å². The van der Waals surface area contributed by atoms with Crippen LogP contribution >= 0.6 is 0 Å². The van der Waals surface area contributed by atoms with Gasteiger partial charge in [0.1, 0.15) is 5.69 Å². The third-order valence-corrected chi connectivity index (χ3v) is 7.94. The van der Waals surface area contributed by atoms with Crippen molar-refractivity contribution in [2.24, 2.45) is 0 Å². The number of piperazine rings is 1. The van der Waals surface area contributed by atoms with E-state index in [4.69, 9.17) is 9.40 Å². The zero-order valence-corrected chi connectivity index (χ0v) is 18.4. The van der Waals surface area contributed by atoms with Gasteiger partial charge in [0.15, 0.2) is 21.2 Å². The highest BCUT2D eigenvalue weighted by atomic mass is 32.2. The molecular formula is C21H25N5O4S. The van der Waals surface area contributed by atoms with E-state index in [0.717, 1.165) is 13.1 Å². The lowest BCUT2D eigenvalue weighted by molar-refractivity contribution is 0.0666. The molecule has 0 bridgehead atoms. The molecule has 0 aromatic carbocycles. The molecule has 0 radical (unpaired) electrons. The largest absolute Gasteiger partial charge is 0.463 e. The third kappa shape index (κ3) is 3.63. The number of carbonyl (C=O) groups excluding carboxylic acids is 1. The van der Waals surface area contributed by atoms with Gasteiger partial charge in [0.25, 0.3) is 5.91 Å². The van der Waals surface area contributed by atoms with Crippen molar-refractivity contribution in [3.8, 4) is 11.5 Å². The van der Waals surface area contributed by atoms with Gasteiger partial charge in [-0.3, -0.25) is 4.79 Å². The predicted octanol–water partition coefficient (Wildman–Crippen LogP) is 1.75. The molecule has 0 N–H and O–H groups in total. The maximum atomic E-state index is 13.5. The number of pyridine rings is 1. The Bertz CT molecular complexity index is 1240. The van der Waals surface area contributed by atoms with E-state index >= 15 is 0 Å². The minimum atomic E-state index is -3.09. The van der Waals surface area contributed by atoms with Gasteiger partial charge in [0, 0.05) is 26.2 Å². The van der Waals surface area contributed by atoms with Crippen molar-refractivity contribution in [3.63, 3.8) is 0 Å². The Kier molecular flexibility index (Phi) is 4.86. The van der Waals surface area contributed by atoms with Crippen LogP contribution in [0.1, 0.15) is 28.5 Å². The molecule has 2 aliphatic rings. The van der Waals surface area contributed by atoms with Gasteiger partial charge < -0.3 is 14.2 Å². The summed E-state index contributed by atoms with van der Waals surface area (Å²) in [5, 5.41) is 5.32. The average molecular weight is 444 g/mol. The predicted molar refractivity (Wildman–Crippen MR) is 116 cm³/mol. The molecule has 2 fully saturated rings. The van der Waals surface area contributed by atoms with E-state index in [1.54, 1.807) is 29.1 Å². The highest BCUT2D eigenvalue weighted by Gasteiger charge is 2.33. The highest BCUT2D eigenvalue weighted by Crippen LogP contribution is 2.32. The Morgan fingerprint density at radius 2 is 2.00 bits per heavy atom. The Labute approximate surface area is 180 Å². The molecule has 0 saturated carbocycles. The summed E-state index contributed by atoms with van der Waals surface area (Å²) >= 11 is 0. The van der Waals surface area contributed by atoms with Crippen molar-refractivity contribution in [1.82, 2.24) is 24.6 Å². The molecule has 9 nitrogen and oxygen atoms in total. The van der Waals surface area contributed by atoms with Gasteiger partial charge in [-0.05, 0) is 38.6 Å². The van der Waals surface area contributed by atoms with Crippen LogP contribution in [0.15, 0.2) is 28.9 Å². The lowest BCUT2D eigenvalue weighted by atomic mass is 10.1. The number of hydrogen-bond donors (Lipinski definition) is 0. The molecule has 164 valence electrons. The van der Waals surface area contributed by atoms with Crippen LogP contribution in [0.25, 0.3) is 22.5 Å². The summed E-state index contributed by atoms with van der Waals surface area (Å²) in [4.78, 5) is 22.4. The summed E-state index contributed by atoms with van der Waals surface area (Å²) in [6.45, 7) is 4.80. The van der Waals surface area contributed by atoms with Gasteiger partial charge in [-0.25, -0.2) is 18.1 Å². The van der Waals surface area contributed by atoms with Crippen molar-refractivity contribution < 1.29 is 17.6 Å². The van der Waals surface area contributed by atoms with E-state index in [0.29, 0.717) is 53.3 Å². The zero-order valence-electron chi connectivity index (χ0n) is 17.6. The molecule has 1 atom stereocenters. The SMILES string of the molecule is Cc1nn(C2CCS(=O)(=O)C2)c2nc(-c3ccco3)cc(C(=O)N3CCN(C)CC3)c12. The summed E-state index contributed by atoms with van der Waals surface area (Å²) in [5.74, 6) is 0.675. The summed E-state index contributed by atoms with van der Waals surface area (Å²) in [6.07, 6.45) is 2.06. The van der Waals surface area contributed by atoms with E-state index in [2.05, 4.69) is 10.00 Å². The van der Waals surface area contributed by atoms with Crippen LogP contribution in [0.4, 0.5) is 0 Å². The number of aromatic nitrogens is 3. The van der Waals surface area contributed by atoms with Crippen molar-refractivity contribution in [3.05, 3.63) is 35.7 Å². The Morgan fingerprint density at radius 3 is 2.65 bits per heavy atom. The second-order valence-corrected chi connectivity index (χ2v) is 10.6. The molecule has 2 saturated heterocycles. The highest BCUT2D eigenvalue weighted by molar-refractivity contribution is 7.91. The van der Waals surface area contributed by atoms with Gasteiger partial charge in [0.2, 0.25) is 0 Å². The fourth-order valence-electron chi connectivity index (χ4n) is 4.43. The van der Waals surface area contributed by atoms with E-state index in [9.17, 15) is 13.2 Å². The Balaban J connectivity index is 1.66. The lowest BCUT2D eigenvalue weighted by Crippen LogP contribution is -2.47. The number of nitrogens with zero attached hydrogens (tertiary/aromatic N) is 5. The van der Waals surface area contributed by atoms with Gasteiger partial charge in [-0.1, -0.05) is 0 Å². The molecule has 31 heavy (non-hydrogen) atoms. The van der Waals surface area contributed by atoms with Crippen molar-refractivity contribution in [2.45, 2.75) is 19.4 Å². The van der Waals surface area contributed by atoms with Crippen LogP contribution in [-0.4, -0.2) is 83.6 Å². The van der Waals surface area contributed by atoms with Crippen molar-refractivity contribution >= 4 is 26.8 Å². The van der Waals surface area contributed by atoms with Crippen LogP contribution in [-0.2, 0) is 9.84 Å². The third-order valence-electron chi connectivity index (χ3n) is 6.19. The molecule has 5 heterocycles. The Hall–Kier alpha value is -2.72. The second-order valence-electron chi connectivity index (χ2n) is 8.41. The Morgan fingerprint density at radius 1 is 1.23 bits per heavy atom. The number of sulfone groups is 1. The quantitative estimate of drug-likeness (QED) is 0.608. The summed E-state index contributed by atoms with van der Waals surface area (Å²) in [7, 11) is -1.05. The smallest absolute Gasteiger partial charge is 0.254 e. The summed E-state index contributed by atoms with van der Waals surface area (Å²) in [5.41, 5.74) is 2.28. The molecule has 1 unspecified atom stereocenters. The number of likely N-dealkylation sites (N-methyl/N-ethyl adjacent to an activating group) is 1. The molecule has 5 rings (SSSR count). The second kappa shape index (κ2) is 7.45. The van der Waals surface area contributed by atoms with Crippen molar-refractivity contribution in [2.75, 3.05) is 44.7 Å². The number of furan rings is 1. The van der Waals surface area contributed by atoms with E-state index in [-0.39, 0.29) is 23.5 Å².